The van der Waals surface area contributed by atoms with E-state index in [0.29, 0.717) is 28.4 Å². The topological polar surface area (TPSA) is 76.8 Å². The molecule has 2 bridgehead atoms. The summed E-state index contributed by atoms with van der Waals surface area (Å²) in [5.41, 5.74) is 2.20. The molecule has 8 heteroatoms. The lowest BCUT2D eigenvalue weighted by atomic mass is 9.83. The number of benzene rings is 2. The molecule has 6 nitrogen and oxygen atoms in total. The zero-order valence-corrected chi connectivity index (χ0v) is 16.7. The van der Waals surface area contributed by atoms with Gasteiger partial charge < -0.3 is 20.2 Å². The van der Waals surface area contributed by atoms with Gasteiger partial charge in [-0.1, -0.05) is 12.1 Å². The van der Waals surface area contributed by atoms with E-state index in [-0.39, 0.29) is 11.6 Å². The molecule has 2 aromatic carbocycles. The van der Waals surface area contributed by atoms with Crippen molar-refractivity contribution < 1.29 is 8.78 Å². The van der Waals surface area contributed by atoms with Crippen LogP contribution in [0.1, 0.15) is 12.8 Å². The van der Waals surface area contributed by atoms with E-state index in [9.17, 15) is 13.6 Å². The summed E-state index contributed by atoms with van der Waals surface area (Å²) < 4.78 is 28.1. The molecular formula is C23H21F2N5O. The number of rotatable bonds is 3. The van der Waals surface area contributed by atoms with Gasteiger partial charge in [-0.3, -0.25) is 4.79 Å². The second kappa shape index (κ2) is 6.88. The number of nitrogens with one attached hydrogen (secondary N) is 3. The van der Waals surface area contributed by atoms with E-state index in [1.807, 2.05) is 24.3 Å². The van der Waals surface area contributed by atoms with E-state index < -0.39 is 17.2 Å². The molecule has 3 saturated heterocycles. The number of hydrogen-bond acceptors (Lipinski definition) is 4. The number of aromatic nitrogens is 3. The van der Waals surface area contributed by atoms with Crippen LogP contribution in [0.15, 0.2) is 41.2 Å². The standard InChI is InChI=1S/C23H21F2N5O/c24-14-9-13-18(10-15(14)25)29-23(31)20(22-27-16-3-1-2-4-17(16)28-22)21(13)26-19-11-30-7-5-12(19)6-8-30/h1-4,9-10,12,19H,5-8,11H2,(H,27,28)(H2,26,29,31)/t19-/m0/s1. The maximum absolute atomic E-state index is 14.2. The van der Waals surface area contributed by atoms with Gasteiger partial charge in [0.05, 0.1) is 22.2 Å². The highest BCUT2D eigenvalue weighted by atomic mass is 19.2. The van der Waals surface area contributed by atoms with Crippen molar-refractivity contribution in [3.63, 3.8) is 0 Å². The average molecular weight is 421 g/mol. The number of piperidine rings is 3. The second-order valence-corrected chi connectivity index (χ2v) is 8.51. The third-order valence-corrected chi connectivity index (χ3v) is 6.67. The number of H-pyrrole nitrogens is 2. The van der Waals surface area contributed by atoms with Crippen LogP contribution in [0.2, 0.25) is 0 Å². The summed E-state index contributed by atoms with van der Waals surface area (Å²) >= 11 is 0. The Bertz CT molecular complexity index is 1340. The summed E-state index contributed by atoms with van der Waals surface area (Å²) in [7, 11) is 0. The van der Waals surface area contributed by atoms with Crippen LogP contribution in [0.25, 0.3) is 33.3 Å². The van der Waals surface area contributed by atoms with Crippen LogP contribution in [0.4, 0.5) is 14.5 Å². The molecule has 3 N–H and O–H groups in total. The van der Waals surface area contributed by atoms with Crippen LogP contribution in [0, 0.1) is 17.6 Å². The molecule has 3 aliphatic rings. The quantitative estimate of drug-likeness (QED) is 0.470. The lowest BCUT2D eigenvalue weighted by molar-refractivity contribution is 0.0976. The largest absolute Gasteiger partial charge is 0.379 e. The Morgan fingerprint density at radius 2 is 1.81 bits per heavy atom. The minimum absolute atomic E-state index is 0.128. The third-order valence-electron chi connectivity index (χ3n) is 6.67. The van der Waals surface area contributed by atoms with Crippen molar-refractivity contribution in [2.24, 2.45) is 5.92 Å². The van der Waals surface area contributed by atoms with Crippen molar-refractivity contribution in [2.75, 3.05) is 25.0 Å². The summed E-state index contributed by atoms with van der Waals surface area (Å²) in [5, 5.41) is 3.98. The number of halogens is 2. The van der Waals surface area contributed by atoms with Gasteiger partial charge in [0.15, 0.2) is 11.6 Å². The molecule has 31 heavy (non-hydrogen) atoms. The molecule has 1 atom stereocenters. The predicted octanol–water partition coefficient (Wildman–Crippen LogP) is 3.86. The highest BCUT2D eigenvalue weighted by Crippen LogP contribution is 2.36. The summed E-state index contributed by atoms with van der Waals surface area (Å²) in [6.07, 6.45) is 2.17. The molecule has 2 aromatic heterocycles. The molecule has 7 rings (SSSR count). The van der Waals surface area contributed by atoms with Gasteiger partial charge >= 0.3 is 0 Å². The van der Waals surface area contributed by atoms with Crippen molar-refractivity contribution in [1.82, 2.24) is 19.9 Å². The first-order valence-electron chi connectivity index (χ1n) is 10.6. The van der Waals surface area contributed by atoms with Gasteiger partial charge in [-0.15, -0.1) is 0 Å². The maximum Gasteiger partial charge on any atom is 0.261 e. The first kappa shape index (κ1) is 18.5. The molecule has 0 unspecified atom stereocenters. The summed E-state index contributed by atoms with van der Waals surface area (Å²) in [6.45, 7) is 3.02. The zero-order valence-electron chi connectivity index (χ0n) is 16.7. The van der Waals surface area contributed by atoms with Crippen LogP contribution in [0.5, 0.6) is 0 Å². The number of fused-ring (bicyclic) bond motifs is 5. The van der Waals surface area contributed by atoms with Crippen molar-refractivity contribution in [2.45, 2.75) is 18.9 Å². The fourth-order valence-corrected chi connectivity index (χ4v) is 5.05. The number of pyridine rings is 1. The predicted molar refractivity (Wildman–Crippen MR) is 116 cm³/mol. The van der Waals surface area contributed by atoms with Crippen molar-refractivity contribution >= 4 is 27.6 Å². The fourth-order valence-electron chi connectivity index (χ4n) is 5.05. The number of para-hydroxylation sites is 2. The number of hydrogen-bond donors (Lipinski definition) is 3. The van der Waals surface area contributed by atoms with Crippen molar-refractivity contribution in [3.05, 3.63) is 58.4 Å². The molecule has 4 aromatic rings. The van der Waals surface area contributed by atoms with Crippen LogP contribution in [0.3, 0.4) is 0 Å². The van der Waals surface area contributed by atoms with Gasteiger partial charge in [0.2, 0.25) is 0 Å². The Balaban J connectivity index is 1.58. The normalized spacial score (nSPS) is 23.0. The van der Waals surface area contributed by atoms with Crippen LogP contribution in [-0.2, 0) is 0 Å². The van der Waals surface area contributed by atoms with Gasteiger partial charge in [-0.2, -0.15) is 0 Å². The molecule has 3 aliphatic heterocycles. The number of anilines is 1. The molecule has 0 saturated carbocycles. The maximum atomic E-state index is 14.2. The molecular weight excluding hydrogens is 400 g/mol. The number of aromatic amines is 2. The minimum Gasteiger partial charge on any atom is -0.379 e. The Hall–Kier alpha value is -3.26. The SMILES string of the molecule is O=c1[nH]c2cc(F)c(F)cc2c(N[C@H]2CN3CCC2CC3)c1-c1nc2ccccc2[nH]1. The van der Waals surface area contributed by atoms with E-state index in [1.165, 1.54) is 0 Å². The van der Waals surface area contributed by atoms with Crippen molar-refractivity contribution in [1.29, 1.82) is 0 Å². The Morgan fingerprint density at radius 1 is 1.03 bits per heavy atom. The summed E-state index contributed by atoms with van der Waals surface area (Å²) in [4.78, 5) is 26.1. The molecule has 0 spiro atoms. The Morgan fingerprint density at radius 3 is 2.55 bits per heavy atom. The smallest absolute Gasteiger partial charge is 0.261 e. The molecule has 3 fully saturated rings. The van der Waals surface area contributed by atoms with E-state index in [0.717, 1.165) is 55.6 Å². The summed E-state index contributed by atoms with van der Waals surface area (Å²) in [6, 6.07) is 9.83. The highest BCUT2D eigenvalue weighted by Gasteiger charge is 2.35. The first-order valence-corrected chi connectivity index (χ1v) is 10.6. The van der Waals surface area contributed by atoms with Crippen LogP contribution in [-0.4, -0.2) is 45.5 Å². The van der Waals surface area contributed by atoms with Gasteiger partial charge in [0.1, 0.15) is 11.4 Å². The van der Waals surface area contributed by atoms with Crippen LogP contribution >= 0.6 is 0 Å². The monoisotopic (exact) mass is 421 g/mol. The summed E-state index contributed by atoms with van der Waals surface area (Å²) in [5.74, 6) is -1.06. The van der Waals surface area contributed by atoms with Crippen molar-refractivity contribution in [3.8, 4) is 11.4 Å². The fraction of sp³-hybridized carbons (Fsp3) is 0.304. The lowest BCUT2D eigenvalue weighted by Gasteiger charge is -2.45. The third kappa shape index (κ3) is 3.01. The number of nitrogens with zero attached hydrogens (tertiary/aromatic N) is 2. The van der Waals surface area contributed by atoms with E-state index in [2.05, 4.69) is 25.2 Å². The molecule has 158 valence electrons. The van der Waals surface area contributed by atoms with E-state index >= 15 is 0 Å². The Labute approximate surface area is 176 Å². The Kier molecular flexibility index (Phi) is 4.11. The van der Waals surface area contributed by atoms with Gasteiger partial charge in [0.25, 0.3) is 5.56 Å². The average Bonchev–Trinajstić information content (AvgIpc) is 3.20. The van der Waals surface area contributed by atoms with Crippen LogP contribution < -0.4 is 10.9 Å². The lowest BCUT2D eigenvalue weighted by Crippen LogP contribution is -2.53. The molecule has 5 heterocycles. The minimum atomic E-state index is -0.992. The molecule has 0 radical (unpaired) electrons. The van der Waals surface area contributed by atoms with E-state index in [1.54, 1.807) is 0 Å². The van der Waals surface area contributed by atoms with Gasteiger partial charge in [0, 0.05) is 24.0 Å². The second-order valence-electron chi connectivity index (χ2n) is 8.51. The van der Waals surface area contributed by atoms with Gasteiger partial charge in [-0.25, -0.2) is 13.8 Å². The first-order chi connectivity index (χ1) is 15.1. The molecule has 0 aliphatic carbocycles. The zero-order chi connectivity index (χ0) is 21.1. The van der Waals surface area contributed by atoms with E-state index in [4.69, 9.17) is 0 Å². The number of imidazole rings is 1. The highest BCUT2D eigenvalue weighted by molar-refractivity contribution is 5.99. The van der Waals surface area contributed by atoms with Gasteiger partial charge in [-0.05, 0) is 50.0 Å². The molecule has 0 amide bonds.